The molecular weight excluding hydrogens is 262 g/mol. The van der Waals surface area contributed by atoms with Crippen molar-refractivity contribution in [3.8, 4) is 5.75 Å². The van der Waals surface area contributed by atoms with Gasteiger partial charge in [0.05, 0.1) is 18.2 Å². The van der Waals surface area contributed by atoms with Gasteiger partial charge in [0, 0.05) is 23.2 Å². The maximum Gasteiger partial charge on any atom is 0.130 e. The van der Waals surface area contributed by atoms with Crippen LogP contribution in [0.25, 0.3) is 0 Å². The van der Waals surface area contributed by atoms with E-state index in [1.165, 1.54) is 0 Å². The van der Waals surface area contributed by atoms with Crippen molar-refractivity contribution in [1.82, 2.24) is 9.55 Å². The first kappa shape index (κ1) is 13.9. The summed E-state index contributed by atoms with van der Waals surface area (Å²) in [5.41, 5.74) is 7.88. The van der Waals surface area contributed by atoms with Gasteiger partial charge < -0.3 is 15.0 Å². The molecule has 0 saturated carbocycles. The number of aryl methyl sites for hydroxylation is 1. The van der Waals surface area contributed by atoms with E-state index in [0.29, 0.717) is 11.6 Å². The van der Waals surface area contributed by atoms with Crippen molar-refractivity contribution in [2.75, 3.05) is 0 Å². The third-order valence-electron chi connectivity index (χ3n) is 2.98. The van der Waals surface area contributed by atoms with Crippen molar-refractivity contribution in [2.45, 2.75) is 33.0 Å². The molecule has 0 radical (unpaired) electrons. The number of hydrogen-bond acceptors (Lipinski definition) is 3. The highest BCUT2D eigenvalue weighted by molar-refractivity contribution is 6.30. The largest absolute Gasteiger partial charge is 0.487 e. The predicted molar refractivity (Wildman–Crippen MR) is 76.3 cm³/mol. The molecule has 1 atom stereocenters. The molecule has 0 aliphatic heterocycles. The molecule has 0 unspecified atom stereocenters. The normalized spacial score (nSPS) is 12.4. The molecule has 2 N–H and O–H groups in total. The molecule has 0 saturated heterocycles. The number of aromatic nitrogens is 2. The second kappa shape index (κ2) is 6.08. The van der Waals surface area contributed by atoms with E-state index in [0.717, 1.165) is 23.6 Å². The van der Waals surface area contributed by atoms with Crippen molar-refractivity contribution in [3.05, 3.63) is 47.0 Å². The third kappa shape index (κ3) is 3.28. The minimum atomic E-state index is -0.121. The van der Waals surface area contributed by atoms with Crippen molar-refractivity contribution in [2.24, 2.45) is 5.73 Å². The van der Waals surface area contributed by atoms with Crippen molar-refractivity contribution in [3.63, 3.8) is 0 Å². The summed E-state index contributed by atoms with van der Waals surface area (Å²) < 4.78 is 7.88. The van der Waals surface area contributed by atoms with Crippen LogP contribution >= 0.6 is 11.6 Å². The van der Waals surface area contributed by atoms with Crippen molar-refractivity contribution >= 4 is 11.6 Å². The van der Waals surface area contributed by atoms with Gasteiger partial charge >= 0.3 is 0 Å². The molecule has 5 heteroatoms. The Kier molecular flexibility index (Phi) is 4.45. The fraction of sp³-hybridized carbons (Fsp3) is 0.357. The summed E-state index contributed by atoms with van der Waals surface area (Å²) in [6, 6.07) is 5.39. The van der Waals surface area contributed by atoms with Gasteiger partial charge in [-0.15, -0.1) is 0 Å². The molecule has 0 bridgehead atoms. The van der Waals surface area contributed by atoms with Crippen LogP contribution < -0.4 is 10.5 Å². The average Bonchev–Trinajstić information content (AvgIpc) is 2.84. The molecule has 0 aliphatic rings. The number of ether oxygens (including phenoxy) is 1. The SMILES string of the molecule is CCn1cncc1COc1ccc(Cl)cc1[C@H](C)N. The Morgan fingerprint density at radius 3 is 2.95 bits per heavy atom. The van der Waals surface area contributed by atoms with Crippen molar-refractivity contribution in [1.29, 1.82) is 0 Å². The first-order valence-corrected chi connectivity index (χ1v) is 6.66. The van der Waals surface area contributed by atoms with Gasteiger partial charge in [-0.1, -0.05) is 11.6 Å². The van der Waals surface area contributed by atoms with Crippen LogP contribution in [0.15, 0.2) is 30.7 Å². The lowest BCUT2D eigenvalue weighted by Gasteiger charge is -2.14. The lowest BCUT2D eigenvalue weighted by molar-refractivity contribution is 0.291. The van der Waals surface area contributed by atoms with Crippen LogP contribution in [0.1, 0.15) is 31.1 Å². The molecule has 0 aliphatic carbocycles. The highest BCUT2D eigenvalue weighted by Crippen LogP contribution is 2.27. The van der Waals surface area contributed by atoms with Crippen molar-refractivity contribution < 1.29 is 4.74 Å². The van der Waals surface area contributed by atoms with Crippen LogP contribution in [0.5, 0.6) is 5.75 Å². The van der Waals surface area contributed by atoms with Gasteiger partial charge in [0.2, 0.25) is 0 Å². The summed E-state index contributed by atoms with van der Waals surface area (Å²) in [4.78, 5) is 4.11. The quantitative estimate of drug-likeness (QED) is 0.915. The Morgan fingerprint density at radius 2 is 2.26 bits per heavy atom. The Balaban J connectivity index is 2.15. The van der Waals surface area contributed by atoms with E-state index in [9.17, 15) is 0 Å². The predicted octanol–water partition coefficient (Wildman–Crippen LogP) is 3.16. The van der Waals surface area contributed by atoms with Crippen LogP contribution in [-0.2, 0) is 13.2 Å². The summed E-state index contributed by atoms with van der Waals surface area (Å²) in [6.07, 6.45) is 3.61. The van der Waals surface area contributed by atoms with Gasteiger partial charge in [0.1, 0.15) is 12.4 Å². The molecule has 0 fully saturated rings. The van der Waals surface area contributed by atoms with E-state index in [4.69, 9.17) is 22.1 Å². The molecule has 102 valence electrons. The van der Waals surface area contributed by atoms with E-state index in [1.807, 2.05) is 29.8 Å². The molecule has 1 aromatic heterocycles. The zero-order chi connectivity index (χ0) is 13.8. The number of rotatable bonds is 5. The van der Waals surface area contributed by atoms with Gasteiger partial charge in [-0.2, -0.15) is 0 Å². The molecule has 2 rings (SSSR count). The lowest BCUT2D eigenvalue weighted by atomic mass is 10.1. The fourth-order valence-corrected chi connectivity index (χ4v) is 2.09. The van der Waals surface area contributed by atoms with Crippen LogP contribution in [0.3, 0.4) is 0 Å². The summed E-state index contributed by atoms with van der Waals surface area (Å²) in [7, 11) is 0. The van der Waals surface area contributed by atoms with Gasteiger partial charge in [0.25, 0.3) is 0 Å². The minimum Gasteiger partial charge on any atom is -0.487 e. The minimum absolute atomic E-state index is 0.121. The zero-order valence-corrected chi connectivity index (χ0v) is 11.9. The van der Waals surface area contributed by atoms with E-state index in [2.05, 4.69) is 11.9 Å². The third-order valence-corrected chi connectivity index (χ3v) is 3.21. The number of nitrogens with zero attached hydrogens (tertiary/aromatic N) is 2. The molecule has 4 nitrogen and oxygen atoms in total. The number of halogens is 1. The Bertz CT molecular complexity index is 551. The summed E-state index contributed by atoms with van der Waals surface area (Å²) in [5, 5.41) is 0.665. The van der Waals surface area contributed by atoms with E-state index in [1.54, 1.807) is 12.4 Å². The number of hydrogen-bond donors (Lipinski definition) is 1. The average molecular weight is 280 g/mol. The molecule has 2 aromatic rings. The second-order valence-electron chi connectivity index (χ2n) is 4.43. The number of benzene rings is 1. The van der Waals surface area contributed by atoms with Gasteiger partial charge in [-0.3, -0.25) is 0 Å². The molecule has 0 spiro atoms. The van der Waals surface area contributed by atoms with Gasteiger partial charge in [0.15, 0.2) is 0 Å². The highest BCUT2D eigenvalue weighted by Gasteiger charge is 2.10. The maximum atomic E-state index is 5.98. The molecule has 1 heterocycles. The molecular formula is C14H18ClN3O. The smallest absolute Gasteiger partial charge is 0.130 e. The van der Waals surface area contributed by atoms with Crippen LogP contribution in [-0.4, -0.2) is 9.55 Å². The standard InChI is InChI=1S/C14H18ClN3O/c1-3-18-9-17-7-12(18)8-19-14-5-4-11(15)6-13(14)10(2)16/h4-7,9-10H,3,8,16H2,1-2H3/t10-/m0/s1. The number of imidazole rings is 1. The first-order chi connectivity index (χ1) is 9.11. The first-order valence-electron chi connectivity index (χ1n) is 6.28. The number of nitrogens with two attached hydrogens (primary N) is 1. The highest BCUT2D eigenvalue weighted by atomic mass is 35.5. The van der Waals surface area contributed by atoms with E-state index in [-0.39, 0.29) is 6.04 Å². The summed E-state index contributed by atoms with van der Waals surface area (Å²) in [6.45, 7) is 5.32. The Labute approximate surface area is 118 Å². The molecule has 0 amide bonds. The van der Waals surface area contributed by atoms with Gasteiger partial charge in [-0.25, -0.2) is 4.98 Å². The monoisotopic (exact) mass is 279 g/mol. The Hall–Kier alpha value is -1.52. The molecule has 19 heavy (non-hydrogen) atoms. The van der Waals surface area contributed by atoms with E-state index < -0.39 is 0 Å². The fourth-order valence-electron chi connectivity index (χ4n) is 1.91. The Morgan fingerprint density at radius 1 is 1.47 bits per heavy atom. The maximum absolute atomic E-state index is 5.98. The second-order valence-corrected chi connectivity index (χ2v) is 4.87. The summed E-state index contributed by atoms with van der Waals surface area (Å²) in [5.74, 6) is 0.767. The van der Waals surface area contributed by atoms with Crippen LogP contribution in [0.4, 0.5) is 0 Å². The zero-order valence-electron chi connectivity index (χ0n) is 11.1. The van der Waals surface area contributed by atoms with Crippen LogP contribution in [0.2, 0.25) is 5.02 Å². The molecule has 1 aromatic carbocycles. The van der Waals surface area contributed by atoms with E-state index >= 15 is 0 Å². The topological polar surface area (TPSA) is 53.1 Å². The lowest BCUT2D eigenvalue weighted by Crippen LogP contribution is -2.09. The summed E-state index contributed by atoms with van der Waals surface area (Å²) >= 11 is 5.98. The van der Waals surface area contributed by atoms with Crippen LogP contribution in [0, 0.1) is 0 Å². The van der Waals surface area contributed by atoms with Gasteiger partial charge in [-0.05, 0) is 32.0 Å².